The van der Waals surface area contributed by atoms with Crippen molar-refractivity contribution in [2.75, 3.05) is 5.32 Å². The predicted molar refractivity (Wildman–Crippen MR) is 103 cm³/mol. The number of rotatable bonds is 6. The van der Waals surface area contributed by atoms with Gasteiger partial charge in [-0.1, -0.05) is 36.4 Å². The molecule has 1 N–H and O–H groups in total. The molecule has 0 aliphatic rings. The van der Waals surface area contributed by atoms with Gasteiger partial charge < -0.3 is 10.1 Å². The van der Waals surface area contributed by atoms with Crippen LogP contribution in [0.1, 0.15) is 23.4 Å². The monoisotopic (exact) mass is 403 g/mol. The number of hydrogen-bond acceptors (Lipinski definition) is 3. The molecule has 3 aromatic rings. The van der Waals surface area contributed by atoms with Crippen molar-refractivity contribution in [2.24, 2.45) is 0 Å². The van der Waals surface area contributed by atoms with Gasteiger partial charge in [-0.3, -0.25) is 4.79 Å². The first-order valence-electron chi connectivity index (χ1n) is 9.00. The van der Waals surface area contributed by atoms with Gasteiger partial charge in [-0.2, -0.15) is 5.10 Å². The third kappa shape index (κ3) is 5.16. The van der Waals surface area contributed by atoms with Crippen LogP contribution in [0.4, 0.5) is 18.9 Å². The minimum absolute atomic E-state index is 0.00757. The van der Waals surface area contributed by atoms with Crippen LogP contribution >= 0.6 is 0 Å². The third-order valence-corrected chi connectivity index (χ3v) is 4.38. The predicted octanol–water partition coefficient (Wildman–Crippen LogP) is 4.96. The number of halogens is 3. The first kappa shape index (κ1) is 20.4. The SMILES string of the molecule is Cc1nn(-c2ccccc2)c(C)c1NC(=O)CCc1ccccc1OC(F)(F)F. The van der Waals surface area contributed by atoms with Gasteiger partial charge in [-0.15, -0.1) is 13.2 Å². The van der Waals surface area contributed by atoms with Crippen molar-refractivity contribution in [1.29, 1.82) is 0 Å². The van der Waals surface area contributed by atoms with E-state index in [-0.39, 0.29) is 24.5 Å². The molecule has 3 rings (SSSR count). The van der Waals surface area contributed by atoms with Crippen LogP contribution in [0.2, 0.25) is 0 Å². The number of benzene rings is 2. The number of ether oxygens (including phenoxy) is 1. The zero-order chi connectivity index (χ0) is 21.0. The molecule has 5 nitrogen and oxygen atoms in total. The molecule has 1 aromatic heterocycles. The fraction of sp³-hybridized carbons (Fsp3) is 0.238. The molecule has 0 aliphatic carbocycles. The van der Waals surface area contributed by atoms with Gasteiger partial charge in [0.05, 0.1) is 22.8 Å². The summed E-state index contributed by atoms with van der Waals surface area (Å²) >= 11 is 0. The molecule has 0 atom stereocenters. The number of nitrogens with zero attached hydrogens (tertiary/aromatic N) is 2. The van der Waals surface area contributed by atoms with Gasteiger partial charge in [0, 0.05) is 6.42 Å². The Morgan fingerprint density at radius 3 is 2.41 bits per heavy atom. The molecule has 0 saturated heterocycles. The highest BCUT2D eigenvalue weighted by Crippen LogP contribution is 2.27. The molecule has 0 aliphatic heterocycles. The van der Waals surface area contributed by atoms with E-state index in [9.17, 15) is 18.0 Å². The zero-order valence-corrected chi connectivity index (χ0v) is 16.0. The van der Waals surface area contributed by atoms with Gasteiger partial charge in [0.15, 0.2) is 0 Å². The van der Waals surface area contributed by atoms with Gasteiger partial charge in [-0.05, 0) is 44.0 Å². The Morgan fingerprint density at radius 1 is 1.07 bits per heavy atom. The summed E-state index contributed by atoms with van der Waals surface area (Å²) < 4.78 is 43.3. The van der Waals surface area contributed by atoms with Crippen LogP contribution in [-0.2, 0) is 11.2 Å². The van der Waals surface area contributed by atoms with Crippen LogP contribution in [-0.4, -0.2) is 22.1 Å². The van der Waals surface area contributed by atoms with Crippen molar-refractivity contribution in [3.63, 3.8) is 0 Å². The second-order valence-corrected chi connectivity index (χ2v) is 6.50. The lowest BCUT2D eigenvalue weighted by Crippen LogP contribution is -2.18. The maximum absolute atomic E-state index is 12.5. The fourth-order valence-electron chi connectivity index (χ4n) is 3.03. The molecule has 0 saturated carbocycles. The molecule has 1 amide bonds. The topological polar surface area (TPSA) is 56.2 Å². The third-order valence-electron chi connectivity index (χ3n) is 4.38. The summed E-state index contributed by atoms with van der Waals surface area (Å²) in [5.74, 6) is -0.609. The van der Waals surface area contributed by atoms with Gasteiger partial charge in [0.2, 0.25) is 5.91 Å². The molecule has 29 heavy (non-hydrogen) atoms. The Balaban J connectivity index is 1.69. The lowest BCUT2D eigenvalue weighted by molar-refractivity contribution is -0.274. The Kier molecular flexibility index (Phi) is 5.91. The van der Waals surface area contributed by atoms with Gasteiger partial charge in [-0.25, -0.2) is 4.68 Å². The van der Waals surface area contributed by atoms with Gasteiger partial charge >= 0.3 is 6.36 Å². The van der Waals surface area contributed by atoms with Crippen LogP contribution in [0.15, 0.2) is 54.6 Å². The van der Waals surface area contributed by atoms with E-state index in [1.165, 1.54) is 18.2 Å². The van der Waals surface area contributed by atoms with Crippen LogP contribution in [0.3, 0.4) is 0 Å². The smallest absolute Gasteiger partial charge is 0.406 e. The number of aryl methyl sites for hydroxylation is 2. The largest absolute Gasteiger partial charge is 0.573 e. The fourth-order valence-corrected chi connectivity index (χ4v) is 3.03. The van der Waals surface area contributed by atoms with E-state index in [4.69, 9.17) is 0 Å². The van der Waals surface area contributed by atoms with E-state index in [2.05, 4.69) is 15.2 Å². The Labute approximate surface area is 166 Å². The number of alkyl halides is 3. The zero-order valence-electron chi connectivity index (χ0n) is 16.0. The van der Waals surface area contributed by atoms with Crippen LogP contribution in [0, 0.1) is 13.8 Å². The number of aromatic nitrogens is 2. The van der Waals surface area contributed by atoms with Crippen LogP contribution < -0.4 is 10.1 Å². The van der Waals surface area contributed by atoms with Crippen molar-refractivity contribution in [3.8, 4) is 11.4 Å². The van der Waals surface area contributed by atoms with Crippen molar-refractivity contribution >= 4 is 11.6 Å². The van der Waals surface area contributed by atoms with E-state index in [0.29, 0.717) is 16.9 Å². The molecular formula is C21H20F3N3O2. The molecule has 0 radical (unpaired) electrons. The molecule has 0 spiro atoms. The number of nitrogens with one attached hydrogen (secondary N) is 1. The number of carbonyl (C=O) groups is 1. The highest BCUT2D eigenvalue weighted by atomic mass is 19.4. The molecule has 152 valence electrons. The number of para-hydroxylation sites is 2. The van der Waals surface area contributed by atoms with Crippen LogP contribution in [0.5, 0.6) is 5.75 Å². The highest BCUT2D eigenvalue weighted by Gasteiger charge is 2.32. The lowest BCUT2D eigenvalue weighted by Gasteiger charge is -2.13. The lowest BCUT2D eigenvalue weighted by atomic mass is 10.1. The Bertz CT molecular complexity index is 998. The summed E-state index contributed by atoms with van der Waals surface area (Å²) in [5, 5.41) is 7.28. The maximum Gasteiger partial charge on any atom is 0.573 e. The van der Waals surface area contributed by atoms with Crippen molar-refractivity contribution in [2.45, 2.75) is 33.1 Å². The second kappa shape index (κ2) is 8.38. The number of carbonyl (C=O) groups excluding carboxylic acids is 1. The average molecular weight is 403 g/mol. The van der Waals surface area contributed by atoms with E-state index in [0.717, 1.165) is 11.4 Å². The summed E-state index contributed by atoms with van der Waals surface area (Å²) in [5.41, 5.74) is 3.20. The average Bonchev–Trinajstić information content (AvgIpc) is 2.95. The molecule has 1 heterocycles. The number of hydrogen-bond donors (Lipinski definition) is 1. The summed E-state index contributed by atoms with van der Waals surface area (Å²) in [7, 11) is 0. The van der Waals surface area contributed by atoms with E-state index < -0.39 is 6.36 Å². The van der Waals surface area contributed by atoms with Crippen molar-refractivity contribution in [3.05, 3.63) is 71.5 Å². The molecule has 0 bridgehead atoms. The Hall–Kier alpha value is -3.29. The van der Waals surface area contributed by atoms with E-state index in [1.54, 1.807) is 17.7 Å². The van der Waals surface area contributed by atoms with Gasteiger partial charge in [0.25, 0.3) is 0 Å². The van der Waals surface area contributed by atoms with E-state index >= 15 is 0 Å². The standard InChI is InChI=1S/C21H20F3N3O2/c1-14-20(15(2)27(26-14)17-9-4-3-5-10-17)25-19(28)13-12-16-8-6-7-11-18(16)29-21(22,23)24/h3-11H,12-13H2,1-2H3,(H,25,28). The number of anilines is 1. The summed E-state index contributed by atoms with van der Waals surface area (Å²) in [6.07, 6.45) is -4.66. The maximum atomic E-state index is 12.5. The van der Waals surface area contributed by atoms with Crippen molar-refractivity contribution in [1.82, 2.24) is 9.78 Å². The second-order valence-electron chi connectivity index (χ2n) is 6.50. The number of amides is 1. The highest BCUT2D eigenvalue weighted by molar-refractivity contribution is 5.92. The first-order valence-corrected chi connectivity index (χ1v) is 9.00. The first-order chi connectivity index (χ1) is 13.7. The summed E-state index contributed by atoms with van der Waals surface area (Å²) in [6.45, 7) is 3.63. The summed E-state index contributed by atoms with van der Waals surface area (Å²) in [4.78, 5) is 12.4. The molecule has 2 aromatic carbocycles. The summed E-state index contributed by atoms with van der Waals surface area (Å²) in [6, 6.07) is 15.3. The molecular weight excluding hydrogens is 383 g/mol. The molecule has 8 heteroatoms. The normalized spacial score (nSPS) is 11.3. The minimum Gasteiger partial charge on any atom is -0.406 e. The van der Waals surface area contributed by atoms with Crippen molar-refractivity contribution < 1.29 is 22.7 Å². The molecule has 0 unspecified atom stereocenters. The minimum atomic E-state index is -4.78. The van der Waals surface area contributed by atoms with Gasteiger partial charge in [0.1, 0.15) is 5.75 Å². The van der Waals surface area contributed by atoms with E-state index in [1.807, 2.05) is 37.3 Å². The quantitative estimate of drug-likeness (QED) is 0.633. The van der Waals surface area contributed by atoms with Crippen LogP contribution in [0.25, 0.3) is 5.69 Å². The Morgan fingerprint density at radius 2 is 1.72 bits per heavy atom. The molecule has 0 fully saturated rings.